The van der Waals surface area contributed by atoms with Crippen LogP contribution in [0.4, 0.5) is 4.79 Å². The van der Waals surface area contributed by atoms with E-state index in [2.05, 4.69) is 32.3 Å². The predicted molar refractivity (Wildman–Crippen MR) is 115 cm³/mol. The lowest BCUT2D eigenvalue weighted by Gasteiger charge is -2.21. The van der Waals surface area contributed by atoms with Gasteiger partial charge in [-0.1, -0.05) is 25.0 Å². The van der Waals surface area contributed by atoms with Crippen LogP contribution in [0.3, 0.4) is 0 Å². The van der Waals surface area contributed by atoms with Gasteiger partial charge in [-0.25, -0.2) is 4.79 Å². The maximum absolute atomic E-state index is 11.6. The SMILES string of the molecule is CC(C)(C)OC(=O)NCCCCCCN(Cc1ccccn1)Cc1ccccn1. The first kappa shape index (κ1) is 22.8. The summed E-state index contributed by atoms with van der Waals surface area (Å²) in [5.74, 6) is 0. The molecular weight excluding hydrogens is 364 g/mol. The molecule has 2 aromatic heterocycles. The third kappa shape index (κ3) is 10.6. The number of nitrogens with zero attached hydrogens (tertiary/aromatic N) is 3. The highest BCUT2D eigenvalue weighted by Gasteiger charge is 2.15. The first-order chi connectivity index (χ1) is 13.9. The Morgan fingerprint density at radius 1 is 0.931 bits per heavy atom. The quantitative estimate of drug-likeness (QED) is 0.562. The third-order valence-corrected chi connectivity index (χ3v) is 4.29. The standard InChI is InChI=1S/C23H34N4O2/c1-23(2,3)29-22(28)26-16-8-4-5-11-17-27(18-20-12-6-9-14-24-20)19-21-13-7-10-15-25-21/h6-7,9-10,12-15H,4-5,8,11,16-19H2,1-3H3,(H,26,28). The number of amides is 1. The van der Waals surface area contributed by atoms with Gasteiger partial charge in [0.05, 0.1) is 11.4 Å². The van der Waals surface area contributed by atoms with Crippen molar-refractivity contribution in [2.24, 2.45) is 0 Å². The number of ether oxygens (including phenoxy) is 1. The fraction of sp³-hybridized carbons (Fsp3) is 0.522. The molecule has 0 radical (unpaired) electrons. The van der Waals surface area contributed by atoms with Crippen molar-refractivity contribution in [3.05, 3.63) is 60.2 Å². The minimum Gasteiger partial charge on any atom is -0.444 e. The molecule has 2 rings (SSSR count). The zero-order chi connectivity index (χ0) is 21.0. The van der Waals surface area contributed by atoms with Crippen LogP contribution in [0, 0.1) is 0 Å². The number of carbonyl (C=O) groups is 1. The molecule has 0 saturated heterocycles. The van der Waals surface area contributed by atoms with Gasteiger partial charge in [0.2, 0.25) is 0 Å². The Balaban J connectivity index is 1.68. The Hall–Kier alpha value is -2.47. The van der Waals surface area contributed by atoms with Crippen molar-refractivity contribution in [1.82, 2.24) is 20.2 Å². The zero-order valence-electron chi connectivity index (χ0n) is 17.9. The molecule has 1 amide bonds. The van der Waals surface area contributed by atoms with E-state index < -0.39 is 5.60 Å². The van der Waals surface area contributed by atoms with Crippen molar-refractivity contribution in [2.75, 3.05) is 13.1 Å². The normalized spacial score (nSPS) is 11.4. The lowest BCUT2D eigenvalue weighted by atomic mass is 10.1. The summed E-state index contributed by atoms with van der Waals surface area (Å²) in [6.07, 6.45) is 7.60. The third-order valence-electron chi connectivity index (χ3n) is 4.29. The topological polar surface area (TPSA) is 67.3 Å². The molecule has 1 N–H and O–H groups in total. The van der Waals surface area contributed by atoms with E-state index in [1.165, 1.54) is 0 Å². The van der Waals surface area contributed by atoms with Crippen LogP contribution in [0.15, 0.2) is 48.8 Å². The number of pyridine rings is 2. The van der Waals surface area contributed by atoms with Crippen LogP contribution in [0.1, 0.15) is 57.8 Å². The van der Waals surface area contributed by atoms with Gasteiger partial charge in [0.1, 0.15) is 5.60 Å². The number of nitrogens with one attached hydrogen (secondary N) is 1. The fourth-order valence-corrected chi connectivity index (χ4v) is 2.97. The Labute approximate surface area is 174 Å². The highest BCUT2D eigenvalue weighted by atomic mass is 16.6. The maximum atomic E-state index is 11.6. The number of alkyl carbamates (subject to hydrolysis) is 1. The molecule has 0 saturated carbocycles. The van der Waals surface area contributed by atoms with Gasteiger partial charge in [0.25, 0.3) is 0 Å². The summed E-state index contributed by atoms with van der Waals surface area (Å²) < 4.78 is 5.24. The zero-order valence-corrected chi connectivity index (χ0v) is 17.9. The molecule has 6 nitrogen and oxygen atoms in total. The molecule has 0 aliphatic heterocycles. The predicted octanol–water partition coefficient (Wildman–Crippen LogP) is 4.56. The summed E-state index contributed by atoms with van der Waals surface area (Å²) in [6.45, 7) is 8.89. The van der Waals surface area contributed by atoms with Gasteiger partial charge in [0, 0.05) is 32.0 Å². The largest absolute Gasteiger partial charge is 0.444 e. The minimum atomic E-state index is -0.450. The van der Waals surface area contributed by atoms with E-state index in [1.54, 1.807) is 0 Å². The summed E-state index contributed by atoms with van der Waals surface area (Å²) >= 11 is 0. The van der Waals surface area contributed by atoms with Crippen LogP contribution in [-0.4, -0.2) is 39.7 Å². The lowest BCUT2D eigenvalue weighted by molar-refractivity contribution is 0.0527. The fourth-order valence-electron chi connectivity index (χ4n) is 2.97. The summed E-state index contributed by atoms with van der Waals surface area (Å²) in [5, 5.41) is 2.82. The molecule has 0 spiro atoms. The molecule has 158 valence electrons. The molecule has 0 aliphatic carbocycles. The molecule has 0 aliphatic rings. The van der Waals surface area contributed by atoms with Crippen molar-refractivity contribution in [3.8, 4) is 0 Å². The van der Waals surface area contributed by atoms with Crippen molar-refractivity contribution in [3.63, 3.8) is 0 Å². The Morgan fingerprint density at radius 3 is 2.03 bits per heavy atom. The number of hydrogen-bond acceptors (Lipinski definition) is 5. The Kier molecular flexibility index (Phi) is 9.57. The van der Waals surface area contributed by atoms with E-state index in [1.807, 2.05) is 57.4 Å². The van der Waals surface area contributed by atoms with E-state index in [-0.39, 0.29) is 6.09 Å². The number of unbranched alkanes of at least 4 members (excludes halogenated alkanes) is 3. The maximum Gasteiger partial charge on any atom is 0.407 e. The Bertz CT molecular complexity index is 660. The van der Waals surface area contributed by atoms with Gasteiger partial charge < -0.3 is 10.1 Å². The van der Waals surface area contributed by atoms with Crippen LogP contribution < -0.4 is 5.32 Å². The first-order valence-electron chi connectivity index (χ1n) is 10.4. The van der Waals surface area contributed by atoms with Gasteiger partial charge in [-0.3, -0.25) is 14.9 Å². The number of hydrogen-bond donors (Lipinski definition) is 1. The van der Waals surface area contributed by atoms with Crippen LogP contribution >= 0.6 is 0 Å². The van der Waals surface area contributed by atoms with E-state index in [0.717, 1.165) is 56.7 Å². The second-order valence-electron chi connectivity index (χ2n) is 8.20. The van der Waals surface area contributed by atoms with Gasteiger partial charge in [-0.05, 0) is 64.4 Å². The van der Waals surface area contributed by atoms with Crippen LogP contribution in [0.25, 0.3) is 0 Å². The molecule has 2 aromatic rings. The number of aromatic nitrogens is 2. The lowest BCUT2D eigenvalue weighted by Crippen LogP contribution is -2.33. The molecule has 2 heterocycles. The van der Waals surface area contributed by atoms with E-state index in [4.69, 9.17) is 4.74 Å². The number of rotatable bonds is 11. The van der Waals surface area contributed by atoms with Gasteiger partial charge >= 0.3 is 6.09 Å². The first-order valence-corrected chi connectivity index (χ1v) is 10.4. The second kappa shape index (κ2) is 12.2. The van der Waals surface area contributed by atoms with Gasteiger partial charge in [-0.2, -0.15) is 0 Å². The average Bonchev–Trinajstić information content (AvgIpc) is 2.67. The summed E-state index contributed by atoms with van der Waals surface area (Å²) in [6, 6.07) is 12.1. The highest BCUT2D eigenvalue weighted by Crippen LogP contribution is 2.10. The summed E-state index contributed by atoms with van der Waals surface area (Å²) in [5.41, 5.74) is 1.70. The average molecular weight is 399 g/mol. The van der Waals surface area contributed by atoms with Crippen LogP contribution in [0.5, 0.6) is 0 Å². The summed E-state index contributed by atoms with van der Waals surface area (Å²) in [4.78, 5) is 22.9. The molecule has 6 heteroatoms. The van der Waals surface area contributed by atoms with E-state index in [0.29, 0.717) is 6.54 Å². The molecule has 0 bridgehead atoms. The van der Waals surface area contributed by atoms with Crippen LogP contribution in [0.2, 0.25) is 0 Å². The van der Waals surface area contributed by atoms with E-state index in [9.17, 15) is 4.79 Å². The molecule has 0 unspecified atom stereocenters. The van der Waals surface area contributed by atoms with Crippen molar-refractivity contribution < 1.29 is 9.53 Å². The van der Waals surface area contributed by atoms with Gasteiger partial charge in [-0.15, -0.1) is 0 Å². The van der Waals surface area contributed by atoms with Crippen molar-refractivity contribution in [1.29, 1.82) is 0 Å². The van der Waals surface area contributed by atoms with Crippen molar-refractivity contribution in [2.45, 2.75) is 65.1 Å². The molecular formula is C23H34N4O2. The van der Waals surface area contributed by atoms with Crippen LogP contribution in [-0.2, 0) is 17.8 Å². The second-order valence-corrected chi connectivity index (χ2v) is 8.20. The molecule has 0 fully saturated rings. The molecule has 0 atom stereocenters. The highest BCUT2D eigenvalue weighted by molar-refractivity contribution is 5.67. The monoisotopic (exact) mass is 398 g/mol. The van der Waals surface area contributed by atoms with Gasteiger partial charge in [0.15, 0.2) is 0 Å². The smallest absolute Gasteiger partial charge is 0.407 e. The van der Waals surface area contributed by atoms with E-state index >= 15 is 0 Å². The Morgan fingerprint density at radius 2 is 1.52 bits per heavy atom. The van der Waals surface area contributed by atoms with Crippen molar-refractivity contribution >= 4 is 6.09 Å². The minimum absolute atomic E-state index is 0.339. The number of carbonyl (C=O) groups excluding carboxylic acids is 1. The summed E-state index contributed by atoms with van der Waals surface area (Å²) in [7, 11) is 0. The molecule has 29 heavy (non-hydrogen) atoms. The molecule has 0 aromatic carbocycles.